The first-order valence-electron chi connectivity index (χ1n) is 9.44. The van der Waals surface area contributed by atoms with Crippen molar-refractivity contribution in [1.29, 1.82) is 0 Å². The Bertz CT molecular complexity index is 1020. The van der Waals surface area contributed by atoms with Gasteiger partial charge in [0.2, 0.25) is 15.9 Å². The Hall–Kier alpha value is -2.45. The lowest BCUT2D eigenvalue weighted by molar-refractivity contribution is -0.120. The van der Waals surface area contributed by atoms with Crippen LogP contribution in [-0.4, -0.2) is 38.8 Å². The molecule has 0 aromatic heterocycles. The van der Waals surface area contributed by atoms with E-state index in [0.29, 0.717) is 30.8 Å². The maximum atomic E-state index is 13.5. The molecular weight excluding hydrogens is 395 g/mol. The van der Waals surface area contributed by atoms with Crippen LogP contribution in [0.25, 0.3) is 0 Å². The molecule has 1 heterocycles. The smallest absolute Gasteiger partial charge is 0.243 e. The molecule has 0 aliphatic carbocycles. The summed E-state index contributed by atoms with van der Waals surface area (Å²) in [5.41, 5.74) is 1.87. The minimum absolute atomic E-state index is 0.0909. The molecule has 1 atom stereocenters. The van der Waals surface area contributed by atoms with Crippen LogP contribution in [0.5, 0.6) is 5.75 Å². The molecule has 0 saturated carbocycles. The quantitative estimate of drug-likeness (QED) is 0.803. The Morgan fingerprint density at radius 3 is 2.62 bits per heavy atom. The number of ether oxygens (including phenoxy) is 1. The molecular formula is C21H25FN2O4S. The Labute approximate surface area is 170 Å². The summed E-state index contributed by atoms with van der Waals surface area (Å²) in [6, 6.07) is 8.91. The zero-order valence-electron chi connectivity index (χ0n) is 16.7. The van der Waals surface area contributed by atoms with Crippen LogP contribution < -0.4 is 10.1 Å². The van der Waals surface area contributed by atoms with E-state index in [0.717, 1.165) is 11.1 Å². The first-order chi connectivity index (χ1) is 13.7. The highest BCUT2D eigenvalue weighted by atomic mass is 32.2. The number of nitrogens with zero attached hydrogens (tertiary/aromatic N) is 1. The van der Waals surface area contributed by atoms with E-state index >= 15 is 0 Å². The van der Waals surface area contributed by atoms with Gasteiger partial charge in [0.05, 0.1) is 17.9 Å². The molecule has 0 spiro atoms. The van der Waals surface area contributed by atoms with Crippen molar-refractivity contribution in [2.24, 2.45) is 5.92 Å². The number of piperidine rings is 1. The molecule has 1 aliphatic rings. The predicted octanol–water partition coefficient (Wildman–Crippen LogP) is 3.49. The molecule has 2 aromatic carbocycles. The highest BCUT2D eigenvalue weighted by Gasteiger charge is 2.33. The molecule has 29 heavy (non-hydrogen) atoms. The molecule has 1 saturated heterocycles. The third kappa shape index (κ3) is 4.59. The Morgan fingerprint density at radius 1 is 1.17 bits per heavy atom. The standard InChI is InChI=1S/C21H25FN2O4S/c1-14-6-7-17(22)12-19(14)23-21(25)16-5-4-10-24(13-16)29(26,27)18-8-9-20(28-3)15(2)11-18/h6-9,11-12,16H,4-5,10,13H2,1-3H3,(H,23,25)/t16-/m1/s1. The average molecular weight is 421 g/mol. The van der Waals surface area contributed by atoms with E-state index < -0.39 is 21.8 Å². The van der Waals surface area contributed by atoms with Crippen LogP contribution in [0.2, 0.25) is 0 Å². The van der Waals surface area contributed by atoms with Crippen LogP contribution in [0.15, 0.2) is 41.3 Å². The number of rotatable bonds is 5. The van der Waals surface area contributed by atoms with Crippen molar-refractivity contribution in [3.05, 3.63) is 53.3 Å². The topological polar surface area (TPSA) is 75.7 Å². The van der Waals surface area contributed by atoms with Crippen molar-refractivity contribution in [1.82, 2.24) is 4.31 Å². The lowest BCUT2D eigenvalue weighted by atomic mass is 9.98. The summed E-state index contributed by atoms with van der Waals surface area (Å²) in [6.07, 6.45) is 1.16. The SMILES string of the molecule is COc1ccc(S(=O)(=O)N2CCC[C@@H](C(=O)Nc3cc(F)ccc3C)C2)cc1C. The van der Waals surface area contributed by atoms with Crippen LogP contribution in [0.1, 0.15) is 24.0 Å². The van der Waals surface area contributed by atoms with Crippen molar-refractivity contribution in [2.45, 2.75) is 31.6 Å². The number of aryl methyl sites for hydroxylation is 2. The molecule has 0 unspecified atom stereocenters. The lowest BCUT2D eigenvalue weighted by Crippen LogP contribution is -2.43. The number of hydrogen-bond donors (Lipinski definition) is 1. The molecule has 1 amide bonds. The number of nitrogens with one attached hydrogen (secondary N) is 1. The van der Waals surface area contributed by atoms with Gasteiger partial charge in [0.15, 0.2) is 0 Å². The second-order valence-corrected chi connectivity index (χ2v) is 9.22. The monoisotopic (exact) mass is 420 g/mol. The summed E-state index contributed by atoms with van der Waals surface area (Å²) in [5.74, 6) is -0.621. The number of benzene rings is 2. The largest absolute Gasteiger partial charge is 0.496 e. The molecule has 1 fully saturated rings. The van der Waals surface area contributed by atoms with Gasteiger partial charge in [0.25, 0.3) is 0 Å². The van der Waals surface area contributed by atoms with Crippen molar-refractivity contribution in [2.75, 3.05) is 25.5 Å². The number of hydrogen-bond acceptors (Lipinski definition) is 4. The third-order valence-corrected chi connectivity index (χ3v) is 7.08. The summed E-state index contributed by atoms with van der Waals surface area (Å²) in [7, 11) is -2.19. The van der Waals surface area contributed by atoms with Crippen molar-refractivity contribution < 1.29 is 22.3 Å². The summed E-state index contributed by atoms with van der Waals surface area (Å²) in [5, 5.41) is 2.74. The number of halogens is 1. The third-order valence-electron chi connectivity index (χ3n) is 5.22. The van der Waals surface area contributed by atoms with E-state index in [1.54, 1.807) is 32.0 Å². The van der Waals surface area contributed by atoms with Crippen LogP contribution in [0, 0.1) is 25.6 Å². The van der Waals surface area contributed by atoms with Gasteiger partial charge in [0.1, 0.15) is 11.6 Å². The number of anilines is 1. The molecule has 6 nitrogen and oxygen atoms in total. The van der Waals surface area contributed by atoms with Crippen LogP contribution in [0.3, 0.4) is 0 Å². The van der Waals surface area contributed by atoms with Gasteiger partial charge in [0, 0.05) is 18.8 Å². The maximum Gasteiger partial charge on any atom is 0.243 e. The minimum atomic E-state index is -3.73. The van der Waals surface area contributed by atoms with Crippen LogP contribution in [-0.2, 0) is 14.8 Å². The highest BCUT2D eigenvalue weighted by Crippen LogP contribution is 2.28. The van der Waals surface area contributed by atoms with E-state index in [4.69, 9.17) is 4.74 Å². The van der Waals surface area contributed by atoms with Gasteiger partial charge in [-0.3, -0.25) is 4.79 Å². The maximum absolute atomic E-state index is 13.5. The van der Waals surface area contributed by atoms with Gasteiger partial charge in [-0.15, -0.1) is 0 Å². The van der Waals surface area contributed by atoms with Crippen LogP contribution >= 0.6 is 0 Å². The second kappa shape index (κ2) is 8.51. The zero-order valence-corrected chi connectivity index (χ0v) is 17.6. The van der Waals surface area contributed by atoms with Crippen molar-refractivity contribution in [3.8, 4) is 5.75 Å². The molecule has 8 heteroatoms. The fourth-order valence-electron chi connectivity index (χ4n) is 3.50. The molecule has 1 N–H and O–H groups in total. The average Bonchev–Trinajstić information content (AvgIpc) is 2.70. The van der Waals surface area contributed by atoms with E-state index in [-0.39, 0.29) is 17.3 Å². The summed E-state index contributed by atoms with van der Waals surface area (Å²) in [4.78, 5) is 12.9. The van der Waals surface area contributed by atoms with E-state index in [2.05, 4.69) is 5.32 Å². The van der Waals surface area contributed by atoms with Gasteiger partial charge in [-0.05, 0) is 68.1 Å². The molecule has 0 bridgehead atoms. The fraction of sp³-hybridized carbons (Fsp3) is 0.381. The minimum Gasteiger partial charge on any atom is -0.496 e. The van der Waals surface area contributed by atoms with Gasteiger partial charge < -0.3 is 10.1 Å². The number of methoxy groups -OCH3 is 1. The second-order valence-electron chi connectivity index (χ2n) is 7.28. The first-order valence-corrected chi connectivity index (χ1v) is 10.9. The molecule has 1 aliphatic heterocycles. The number of carbonyl (C=O) groups is 1. The predicted molar refractivity (Wildman–Crippen MR) is 109 cm³/mol. The summed E-state index contributed by atoms with van der Waals surface area (Å²) in [6.45, 7) is 4.01. The van der Waals surface area contributed by atoms with Gasteiger partial charge in [-0.1, -0.05) is 6.07 Å². The Morgan fingerprint density at radius 2 is 1.93 bits per heavy atom. The van der Waals surface area contributed by atoms with Crippen molar-refractivity contribution >= 4 is 21.6 Å². The van der Waals surface area contributed by atoms with Gasteiger partial charge in [-0.2, -0.15) is 4.31 Å². The Kier molecular flexibility index (Phi) is 6.24. The van der Waals surface area contributed by atoms with Crippen molar-refractivity contribution in [3.63, 3.8) is 0 Å². The summed E-state index contributed by atoms with van der Waals surface area (Å²) >= 11 is 0. The molecule has 0 radical (unpaired) electrons. The van der Waals surface area contributed by atoms with Gasteiger partial charge in [-0.25, -0.2) is 12.8 Å². The first kappa shape index (κ1) is 21.3. The normalized spacial score (nSPS) is 17.7. The fourth-order valence-corrected chi connectivity index (χ4v) is 5.11. The summed E-state index contributed by atoms with van der Waals surface area (Å²) < 4.78 is 46.2. The highest BCUT2D eigenvalue weighted by molar-refractivity contribution is 7.89. The van der Waals surface area contributed by atoms with E-state index in [1.807, 2.05) is 0 Å². The Balaban J connectivity index is 1.76. The molecule has 156 valence electrons. The number of amides is 1. The van der Waals surface area contributed by atoms with E-state index in [9.17, 15) is 17.6 Å². The number of carbonyl (C=O) groups excluding carboxylic acids is 1. The van der Waals surface area contributed by atoms with Gasteiger partial charge >= 0.3 is 0 Å². The van der Waals surface area contributed by atoms with E-state index in [1.165, 1.54) is 29.6 Å². The molecule has 2 aromatic rings. The lowest BCUT2D eigenvalue weighted by Gasteiger charge is -2.31. The zero-order chi connectivity index (χ0) is 21.2. The number of sulfonamides is 1. The molecule has 3 rings (SSSR count). The van der Waals surface area contributed by atoms with Crippen LogP contribution in [0.4, 0.5) is 10.1 Å².